The van der Waals surface area contributed by atoms with Crippen molar-refractivity contribution in [3.05, 3.63) is 36.3 Å². The molecule has 0 spiro atoms. The molecule has 1 aromatic heterocycles. The van der Waals surface area contributed by atoms with Crippen LogP contribution >= 0.6 is 0 Å². The van der Waals surface area contributed by atoms with E-state index >= 15 is 0 Å². The van der Waals surface area contributed by atoms with Gasteiger partial charge in [0, 0.05) is 12.8 Å². The van der Waals surface area contributed by atoms with Crippen LogP contribution in [0.2, 0.25) is 0 Å². The van der Waals surface area contributed by atoms with E-state index in [4.69, 9.17) is 9.31 Å². The number of hydrogen-bond acceptors (Lipinski definition) is 8. The molecule has 40 heavy (non-hydrogen) atoms. The first-order chi connectivity index (χ1) is 18.5. The van der Waals surface area contributed by atoms with E-state index in [2.05, 4.69) is 20.0 Å². The van der Waals surface area contributed by atoms with Crippen molar-refractivity contribution in [3.63, 3.8) is 0 Å². The second kappa shape index (κ2) is 10.5. The van der Waals surface area contributed by atoms with Crippen LogP contribution in [0.3, 0.4) is 0 Å². The molecule has 2 fully saturated rings. The first-order valence-electron chi connectivity index (χ1n) is 13.3. The SMILES string of the molecule is COC(=O)N[C@H](C(=O)N1CCC[C@H]1c1ncc(-c2ccc(B3OC(C)(C)C(C)(C)O3)cc2)[nH]1)C(C)(C)S(C)(=O)=O. The minimum Gasteiger partial charge on any atom is -0.453 e. The average Bonchev–Trinajstić information content (AvgIpc) is 3.59. The van der Waals surface area contributed by atoms with Gasteiger partial charge in [-0.05, 0) is 65.4 Å². The van der Waals surface area contributed by atoms with Crippen LogP contribution in [0.4, 0.5) is 4.79 Å². The predicted octanol–water partition coefficient (Wildman–Crippen LogP) is 2.59. The number of ether oxygens (including phenoxy) is 1. The molecule has 0 unspecified atom stereocenters. The fourth-order valence-electron chi connectivity index (χ4n) is 4.86. The van der Waals surface area contributed by atoms with Crippen molar-refractivity contribution in [1.29, 1.82) is 0 Å². The van der Waals surface area contributed by atoms with Crippen molar-refractivity contribution in [2.45, 2.75) is 82.4 Å². The number of hydrogen-bond donors (Lipinski definition) is 2. The molecular weight excluding hydrogens is 535 g/mol. The number of nitrogens with zero attached hydrogens (tertiary/aromatic N) is 2. The predicted molar refractivity (Wildman–Crippen MR) is 152 cm³/mol. The van der Waals surface area contributed by atoms with Crippen molar-refractivity contribution in [2.75, 3.05) is 19.9 Å². The van der Waals surface area contributed by atoms with Gasteiger partial charge in [0.25, 0.3) is 0 Å². The topological polar surface area (TPSA) is 140 Å². The second-order valence-electron chi connectivity index (χ2n) is 12.0. The molecule has 3 heterocycles. The van der Waals surface area contributed by atoms with Gasteiger partial charge in [0.2, 0.25) is 5.91 Å². The number of imidazole rings is 1. The maximum absolute atomic E-state index is 13.7. The molecule has 2 atom stereocenters. The van der Waals surface area contributed by atoms with Gasteiger partial charge in [-0.3, -0.25) is 4.79 Å². The number of likely N-dealkylation sites (tertiary alicyclic amines) is 1. The zero-order chi connectivity index (χ0) is 29.7. The lowest BCUT2D eigenvalue weighted by Gasteiger charge is -2.36. The van der Waals surface area contributed by atoms with Crippen molar-refractivity contribution in [3.8, 4) is 11.3 Å². The van der Waals surface area contributed by atoms with Crippen LogP contribution in [0.5, 0.6) is 0 Å². The number of carbonyl (C=O) groups is 2. The molecule has 2 aliphatic heterocycles. The molecule has 0 bridgehead atoms. The Morgan fingerprint density at radius 2 is 1.77 bits per heavy atom. The summed E-state index contributed by atoms with van der Waals surface area (Å²) in [7, 11) is -3.02. The van der Waals surface area contributed by atoms with Gasteiger partial charge in [0.05, 0.1) is 41.0 Å². The second-order valence-corrected chi connectivity index (χ2v) is 14.6. The number of benzene rings is 1. The molecular formula is C27H39BN4O7S. The maximum Gasteiger partial charge on any atom is 0.494 e. The Morgan fingerprint density at radius 3 is 2.33 bits per heavy atom. The number of alkyl carbamates (subject to hydrolysis) is 1. The molecule has 2 amide bonds. The molecule has 0 radical (unpaired) electrons. The van der Waals surface area contributed by atoms with Crippen molar-refractivity contribution in [1.82, 2.24) is 20.2 Å². The molecule has 2 aromatic rings. The zero-order valence-electron chi connectivity index (χ0n) is 24.4. The summed E-state index contributed by atoms with van der Waals surface area (Å²) < 4.78 is 40.5. The van der Waals surface area contributed by atoms with E-state index in [-0.39, 0.29) is 0 Å². The Balaban J connectivity index is 1.54. The smallest absolute Gasteiger partial charge is 0.453 e. The number of aromatic nitrogens is 2. The van der Waals surface area contributed by atoms with Crippen molar-refractivity contribution >= 4 is 34.4 Å². The van der Waals surface area contributed by atoms with Gasteiger partial charge in [-0.1, -0.05) is 24.3 Å². The molecule has 1 aromatic carbocycles. The lowest BCUT2D eigenvalue weighted by atomic mass is 9.79. The van der Waals surface area contributed by atoms with Gasteiger partial charge >= 0.3 is 13.2 Å². The van der Waals surface area contributed by atoms with E-state index < -0.39 is 57.0 Å². The molecule has 0 saturated carbocycles. The van der Waals surface area contributed by atoms with Crippen molar-refractivity contribution in [2.24, 2.45) is 0 Å². The van der Waals surface area contributed by atoms with Gasteiger partial charge < -0.3 is 29.2 Å². The van der Waals surface area contributed by atoms with E-state index in [1.165, 1.54) is 13.8 Å². The summed E-state index contributed by atoms with van der Waals surface area (Å²) >= 11 is 0. The van der Waals surface area contributed by atoms with E-state index in [9.17, 15) is 18.0 Å². The fraction of sp³-hybridized carbons (Fsp3) is 0.593. The Labute approximate surface area is 236 Å². The van der Waals surface area contributed by atoms with E-state index in [1.807, 2.05) is 52.0 Å². The zero-order valence-corrected chi connectivity index (χ0v) is 25.2. The lowest BCUT2D eigenvalue weighted by molar-refractivity contribution is -0.135. The summed E-state index contributed by atoms with van der Waals surface area (Å²) in [5, 5.41) is 2.45. The molecule has 2 N–H and O–H groups in total. The van der Waals surface area contributed by atoms with E-state index in [0.29, 0.717) is 25.2 Å². The van der Waals surface area contributed by atoms with Crippen LogP contribution in [-0.2, 0) is 28.7 Å². The van der Waals surface area contributed by atoms with Gasteiger partial charge in [0.15, 0.2) is 9.84 Å². The molecule has 4 rings (SSSR count). The Kier molecular flexibility index (Phi) is 7.89. The molecule has 218 valence electrons. The number of aromatic amines is 1. The average molecular weight is 575 g/mol. The number of nitrogens with one attached hydrogen (secondary N) is 2. The number of sulfone groups is 1. The van der Waals surface area contributed by atoms with E-state index in [0.717, 1.165) is 30.1 Å². The maximum atomic E-state index is 13.7. The molecule has 2 saturated heterocycles. The minimum absolute atomic E-state index is 0.400. The van der Waals surface area contributed by atoms with Gasteiger partial charge in [-0.25, -0.2) is 18.2 Å². The molecule has 13 heteroatoms. The van der Waals surface area contributed by atoms with Crippen molar-refractivity contribution < 1.29 is 32.1 Å². The Bertz CT molecular complexity index is 1360. The number of H-pyrrole nitrogens is 1. The Morgan fingerprint density at radius 1 is 1.18 bits per heavy atom. The summed E-state index contributed by atoms with van der Waals surface area (Å²) in [5.41, 5.74) is 1.73. The van der Waals surface area contributed by atoms with Crippen LogP contribution in [0.25, 0.3) is 11.3 Å². The number of amides is 2. The van der Waals surface area contributed by atoms with Crippen LogP contribution in [0.1, 0.15) is 66.3 Å². The summed E-state index contributed by atoms with van der Waals surface area (Å²) in [4.78, 5) is 35.3. The fourth-order valence-corrected chi connectivity index (χ4v) is 5.44. The third kappa shape index (κ3) is 5.51. The first-order valence-corrected chi connectivity index (χ1v) is 15.2. The normalized spacial score (nSPS) is 21.4. The van der Waals surface area contributed by atoms with E-state index in [1.54, 1.807) is 11.1 Å². The van der Waals surface area contributed by atoms with Gasteiger partial charge in [-0.15, -0.1) is 0 Å². The van der Waals surface area contributed by atoms with Gasteiger partial charge in [-0.2, -0.15) is 0 Å². The molecule has 11 nitrogen and oxygen atoms in total. The summed E-state index contributed by atoms with van der Waals surface area (Å²) in [6.07, 6.45) is 3.23. The first kappa shape index (κ1) is 30.1. The van der Waals surface area contributed by atoms with Crippen LogP contribution in [0.15, 0.2) is 30.5 Å². The quantitative estimate of drug-likeness (QED) is 0.481. The standard InChI is InChI=1S/C27H39BN4O7S/c1-25(2,40(8,35)36)21(31-24(34)37-7)23(33)32-15-9-10-20(32)22-29-16-19(30-22)17-11-13-18(14-12-17)28-38-26(3,4)27(5,6)39-28/h11-14,16,20-21H,9-10,15H2,1-8H3,(H,29,30)(H,31,34)/t20-,21+/m0/s1. The highest BCUT2D eigenvalue weighted by molar-refractivity contribution is 7.92. The van der Waals surface area contributed by atoms with Crippen LogP contribution in [-0.4, -0.2) is 84.3 Å². The highest BCUT2D eigenvalue weighted by Gasteiger charge is 2.52. The van der Waals surface area contributed by atoms with Crippen LogP contribution < -0.4 is 10.8 Å². The minimum atomic E-state index is -3.73. The summed E-state index contributed by atoms with van der Waals surface area (Å²) in [5.74, 6) is 0.0814. The monoisotopic (exact) mass is 574 g/mol. The highest BCUT2D eigenvalue weighted by Crippen LogP contribution is 2.37. The number of carbonyl (C=O) groups excluding carboxylic acids is 2. The number of rotatable bonds is 7. The van der Waals surface area contributed by atoms with Crippen LogP contribution in [0, 0.1) is 0 Å². The summed E-state index contributed by atoms with van der Waals surface area (Å²) in [6.45, 7) is 11.3. The number of methoxy groups -OCH3 is 1. The third-order valence-corrected chi connectivity index (χ3v) is 10.7. The highest BCUT2D eigenvalue weighted by atomic mass is 32.2. The molecule has 0 aliphatic carbocycles. The third-order valence-electron chi connectivity index (χ3n) is 8.54. The summed E-state index contributed by atoms with van der Waals surface area (Å²) in [6, 6.07) is 6.09. The Hall–Kier alpha value is -2.90. The lowest BCUT2D eigenvalue weighted by Crippen LogP contribution is -2.61. The molecule has 2 aliphatic rings. The van der Waals surface area contributed by atoms with Gasteiger partial charge in [0.1, 0.15) is 11.9 Å². The largest absolute Gasteiger partial charge is 0.494 e.